The fourth-order valence-electron chi connectivity index (χ4n) is 2.00. The van der Waals surface area contributed by atoms with Crippen LogP contribution in [0.15, 0.2) is 24.3 Å². The Kier molecular flexibility index (Phi) is 3.75. The minimum atomic E-state index is 0.690. The van der Waals surface area contributed by atoms with Gasteiger partial charge in [-0.05, 0) is 38.4 Å². The molecule has 0 aliphatic carbocycles. The zero-order valence-corrected chi connectivity index (χ0v) is 9.42. The molecule has 1 heterocycles. The van der Waals surface area contributed by atoms with Crippen LogP contribution in [0.1, 0.15) is 17.5 Å². The van der Waals surface area contributed by atoms with Crippen molar-refractivity contribution in [3.8, 4) is 0 Å². The molecule has 1 fully saturated rings. The number of nitrogens with one attached hydrogen (secondary N) is 2. The van der Waals surface area contributed by atoms with Crippen LogP contribution in [0.4, 0.5) is 0 Å². The molecule has 0 radical (unpaired) electrons. The number of benzene rings is 1. The van der Waals surface area contributed by atoms with E-state index in [4.69, 9.17) is 0 Å². The number of hydrogen-bond acceptors (Lipinski definition) is 2. The maximum atomic E-state index is 3.58. The van der Waals surface area contributed by atoms with Gasteiger partial charge in [-0.1, -0.05) is 29.8 Å². The lowest BCUT2D eigenvalue weighted by Crippen LogP contribution is -2.32. The predicted octanol–water partition coefficient (Wildman–Crippen LogP) is 1.49. The lowest BCUT2D eigenvalue weighted by molar-refractivity contribution is 0.550. The van der Waals surface area contributed by atoms with Gasteiger partial charge >= 0.3 is 0 Å². The molecular weight excluding hydrogens is 184 g/mol. The van der Waals surface area contributed by atoms with Gasteiger partial charge in [-0.15, -0.1) is 0 Å². The molecule has 0 aromatic heterocycles. The second kappa shape index (κ2) is 5.29. The van der Waals surface area contributed by atoms with Crippen molar-refractivity contribution in [3.63, 3.8) is 0 Å². The van der Waals surface area contributed by atoms with Gasteiger partial charge in [-0.2, -0.15) is 0 Å². The second-order valence-corrected chi connectivity index (χ2v) is 4.38. The minimum Gasteiger partial charge on any atom is -0.315 e. The molecule has 0 amide bonds. The first-order valence-corrected chi connectivity index (χ1v) is 5.84. The highest BCUT2D eigenvalue weighted by atomic mass is 15.0. The van der Waals surface area contributed by atoms with E-state index in [-0.39, 0.29) is 0 Å². The van der Waals surface area contributed by atoms with Crippen LogP contribution in [0, 0.1) is 6.92 Å². The van der Waals surface area contributed by atoms with E-state index in [2.05, 4.69) is 41.8 Å². The van der Waals surface area contributed by atoms with Gasteiger partial charge in [-0.3, -0.25) is 0 Å². The first kappa shape index (κ1) is 10.7. The van der Waals surface area contributed by atoms with Crippen LogP contribution in [-0.4, -0.2) is 25.7 Å². The average Bonchev–Trinajstić information content (AvgIpc) is 2.74. The zero-order chi connectivity index (χ0) is 10.5. The van der Waals surface area contributed by atoms with E-state index >= 15 is 0 Å². The van der Waals surface area contributed by atoms with Gasteiger partial charge in [0.2, 0.25) is 0 Å². The van der Waals surface area contributed by atoms with Crippen LogP contribution >= 0.6 is 0 Å². The third kappa shape index (κ3) is 3.33. The quantitative estimate of drug-likeness (QED) is 0.776. The molecule has 1 aliphatic heterocycles. The monoisotopic (exact) mass is 204 g/mol. The normalized spacial score (nSPS) is 20.7. The summed E-state index contributed by atoms with van der Waals surface area (Å²) in [6, 6.07) is 9.52. The van der Waals surface area contributed by atoms with E-state index < -0.39 is 0 Å². The van der Waals surface area contributed by atoms with Crippen LogP contribution in [0.5, 0.6) is 0 Å². The number of aryl methyl sites for hydroxylation is 1. The highest BCUT2D eigenvalue weighted by Gasteiger charge is 2.12. The van der Waals surface area contributed by atoms with Crippen LogP contribution < -0.4 is 10.6 Å². The third-order valence-electron chi connectivity index (χ3n) is 3.03. The second-order valence-electron chi connectivity index (χ2n) is 4.38. The fraction of sp³-hybridized carbons (Fsp3) is 0.538. The molecule has 1 atom stereocenters. The number of rotatable bonds is 4. The summed E-state index contributed by atoms with van der Waals surface area (Å²) in [6.07, 6.45) is 2.41. The first-order valence-electron chi connectivity index (χ1n) is 5.84. The van der Waals surface area contributed by atoms with E-state index in [1.54, 1.807) is 0 Å². The Morgan fingerprint density at radius 3 is 2.80 bits per heavy atom. The van der Waals surface area contributed by atoms with E-state index in [0.29, 0.717) is 6.04 Å². The standard InChI is InChI=1S/C13H20N2/c1-11-2-4-12(5-3-11)6-9-15-13-7-8-14-10-13/h2-5,13-15H,6-10H2,1H3. The van der Waals surface area contributed by atoms with Crippen molar-refractivity contribution in [2.45, 2.75) is 25.8 Å². The average molecular weight is 204 g/mol. The summed E-state index contributed by atoms with van der Waals surface area (Å²) in [5.74, 6) is 0. The molecule has 1 saturated heterocycles. The molecule has 0 spiro atoms. The van der Waals surface area contributed by atoms with Gasteiger partial charge in [-0.25, -0.2) is 0 Å². The Morgan fingerprint density at radius 1 is 1.33 bits per heavy atom. The first-order chi connectivity index (χ1) is 7.34. The molecule has 15 heavy (non-hydrogen) atoms. The summed E-state index contributed by atoms with van der Waals surface area (Å²) in [5, 5.41) is 6.95. The maximum absolute atomic E-state index is 3.58. The summed E-state index contributed by atoms with van der Waals surface area (Å²) in [6.45, 7) is 5.53. The molecular formula is C13H20N2. The Labute approximate surface area is 92.1 Å². The van der Waals surface area contributed by atoms with Crippen molar-refractivity contribution in [2.24, 2.45) is 0 Å². The van der Waals surface area contributed by atoms with Gasteiger partial charge in [0.05, 0.1) is 0 Å². The van der Waals surface area contributed by atoms with Gasteiger partial charge in [0.25, 0.3) is 0 Å². The molecule has 1 unspecified atom stereocenters. The van der Waals surface area contributed by atoms with Crippen molar-refractivity contribution in [3.05, 3.63) is 35.4 Å². The molecule has 1 aromatic carbocycles. The Morgan fingerprint density at radius 2 is 2.13 bits per heavy atom. The Hall–Kier alpha value is -0.860. The molecule has 82 valence electrons. The van der Waals surface area contributed by atoms with Gasteiger partial charge in [0, 0.05) is 12.6 Å². The van der Waals surface area contributed by atoms with Crippen molar-refractivity contribution >= 4 is 0 Å². The zero-order valence-electron chi connectivity index (χ0n) is 9.42. The van der Waals surface area contributed by atoms with Crippen LogP contribution in [-0.2, 0) is 6.42 Å². The molecule has 1 aliphatic rings. The molecule has 2 heteroatoms. The van der Waals surface area contributed by atoms with E-state index in [1.165, 1.54) is 24.1 Å². The summed E-state index contributed by atoms with van der Waals surface area (Å²) >= 11 is 0. The van der Waals surface area contributed by atoms with Gasteiger partial charge in [0.1, 0.15) is 0 Å². The van der Waals surface area contributed by atoms with Crippen LogP contribution in [0.3, 0.4) is 0 Å². The molecule has 2 rings (SSSR count). The SMILES string of the molecule is Cc1ccc(CCNC2CCNC2)cc1. The van der Waals surface area contributed by atoms with Gasteiger partial charge in [0.15, 0.2) is 0 Å². The van der Waals surface area contributed by atoms with E-state index in [1.807, 2.05) is 0 Å². The maximum Gasteiger partial charge on any atom is 0.0204 e. The Bertz CT molecular complexity index is 286. The third-order valence-corrected chi connectivity index (χ3v) is 3.03. The highest BCUT2D eigenvalue weighted by molar-refractivity contribution is 5.21. The summed E-state index contributed by atoms with van der Waals surface area (Å²) in [5.41, 5.74) is 2.77. The molecule has 0 bridgehead atoms. The number of hydrogen-bond donors (Lipinski definition) is 2. The van der Waals surface area contributed by atoms with Crippen molar-refractivity contribution < 1.29 is 0 Å². The lowest BCUT2D eigenvalue weighted by Gasteiger charge is -2.10. The van der Waals surface area contributed by atoms with Gasteiger partial charge < -0.3 is 10.6 Å². The van der Waals surface area contributed by atoms with Crippen LogP contribution in [0.25, 0.3) is 0 Å². The molecule has 2 nitrogen and oxygen atoms in total. The van der Waals surface area contributed by atoms with E-state index in [0.717, 1.165) is 19.5 Å². The molecule has 2 N–H and O–H groups in total. The summed E-state index contributed by atoms with van der Waals surface area (Å²) in [7, 11) is 0. The topological polar surface area (TPSA) is 24.1 Å². The summed E-state index contributed by atoms with van der Waals surface area (Å²) in [4.78, 5) is 0. The highest BCUT2D eigenvalue weighted by Crippen LogP contribution is 2.04. The molecule has 0 saturated carbocycles. The smallest absolute Gasteiger partial charge is 0.0204 e. The van der Waals surface area contributed by atoms with Crippen molar-refractivity contribution in [1.29, 1.82) is 0 Å². The van der Waals surface area contributed by atoms with Crippen molar-refractivity contribution in [1.82, 2.24) is 10.6 Å². The van der Waals surface area contributed by atoms with E-state index in [9.17, 15) is 0 Å². The largest absolute Gasteiger partial charge is 0.315 e. The minimum absolute atomic E-state index is 0.690. The predicted molar refractivity (Wildman–Crippen MR) is 64.2 cm³/mol. The Balaban J connectivity index is 1.71. The van der Waals surface area contributed by atoms with Crippen LogP contribution in [0.2, 0.25) is 0 Å². The molecule has 1 aromatic rings. The summed E-state index contributed by atoms with van der Waals surface area (Å²) < 4.78 is 0. The van der Waals surface area contributed by atoms with Crippen molar-refractivity contribution in [2.75, 3.05) is 19.6 Å². The lowest BCUT2D eigenvalue weighted by atomic mass is 10.1. The fourth-order valence-corrected chi connectivity index (χ4v) is 2.00.